The first-order chi connectivity index (χ1) is 19.9. The van der Waals surface area contributed by atoms with Crippen molar-refractivity contribution in [2.24, 2.45) is 23.2 Å². The summed E-state index contributed by atoms with van der Waals surface area (Å²) in [5, 5.41) is 5.84. The number of amides is 4. The maximum atomic E-state index is 13.6. The second-order valence-electron chi connectivity index (χ2n) is 11.4. The molecule has 44 heavy (non-hydrogen) atoms. The van der Waals surface area contributed by atoms with Gasteiger partial charge in [0.15, 0.2) is 5.78 Å². The molecule has 250 valence electrons. The van der Waals surface area contributed by atoms with Crippen LogP contribution in [0.5, 0.6) is 0 Å². The number of hydrogen-bond acceptors (Lipinski definition) is 7. The molecule has 0 unspecified atom stereocenters. The molecule has 0 aromatic carbocycles. The van der Waals surface area contributed by atoms with E-state index in [0.717, 1.165) is 0 Å². The minimum Gasteiger partial charge on any atom is -0.356 e. The van der Waals surface area contributed by atoms with E-state index in [9.17, 15) is 63.5 Å². The predicted molar refractivity (Wildman–Crippen MR) is 126 cm³/mol. The van der Waals surface area contributed by atoms with Crippen LogP contribution in [-0.4, -0.2) is 97.1 Å². The Kier molecular flexibility index (Phi) is 9.89. The summed E-state index contributed by atoms with van der Waals surface area (Å²) in [5.74, 6) is -9.43. The first-order valence-electron chi connectivity index (χ1n) is 13.2. The normalized spacial score (nSPS) is 26.7. The summed E-state index contributed by atoms with van der Waals surface area (Å²) in [7, 11) is 0. The molecule has 3 N–H and O–H groups in total. The number of ether oxygens (including phenoxy) is 2. The molecular formula is C24H29F9N4O7. The van der Waals surface area contributed by atoms with Crippen molar-refractivity contribution in [2.75, 3.05) is 19.7 Å². The van der Waals surface area contributed by atoms with Gasteiger partial charge in [-0.2, -0.15) is 13.2 Å². The highest BCUT2D eigenvalue weighted by molar-refractivity contribution is 5.97. The van der Waals surface area contributed by atoms with Crippen LogP contribution in [0.15, 0.2) is 0 Å². The highest BCUT2D eigenvalue weighted by Gasteiger charge is 2.70. The van der Waals surface area contributed by atoms with Crippen LogP contribution in [0.3, 0.4) is 0 Å². The predicted octanol–water partition coefficient (Wildman–Crippen LogP) is 1.56. The van der Waals surface area contributed by atoms with Crippen LogP contribution in [0, 0.1) is 23.2 Å². The minimum atomic E-state index is -5.61. The molecule has 0 radical (unpaired) electrons. The zero-order chi connectivity index (χ0) is 33.6. The Hall–Kier alpha value is -3.16. The van der Waals surface area contributed by atoms with Crippen molar-refractivity contribution in [3.05, 3.63) is 0 Å². The fourth-order valence-electron chi connectivity index (χ4n) is 5.81. The summed E-state index contributed by atoms with van der Waals surface area (Å²) in [5.41, 5.74) is -0.679. The quantitative estimate of drug-likeness (QED) is 0.287. The molecule has 0 spiro atoms. The number of likely N-dealkylation sites (tertiary alicyclic amines) is 1. The minimum absolute atomic E-state index is 0.169. The van der Waals surface area contributed by atoms with Gasteiger partial charge in [0.05, 0.1) is 12.1 Å². The van der Waals surface area contributed by atoms with E-state index >= 15 is 0 Å². The van der Waals surface area contributed by atoms with Crippen LogP contribution in [0.1, 0.15) is 33.6 Å². The molecule has 2 heterocycles. The molecule has 3 fully saturated rings. The molecule has 3 aliphatic rings. The Labute approximate surface area is 243 Å². The van der Waals surface area contributed by atoms with Crippen molar-refractivity contribution in [1.82, 2.24) is 20.9 Å². The van der Waals surface area contributed by atoms with E-state index in [-0.39, 0.29) is 19.5 Å². The third kappa shape index (κ3) is 8.30. The molecule has 1 aliphatic carbocycles. The molecule has 0 aromatic heterocycles. The third-order valence-electron chi connectivity index (χ3n) is 8.13. The second kappa shape index (κ2) is 12.3. The Bertz CT molecular complexity index is 1160. The van der Waals surface area contributed by atoms with E-state index in [4.69, 9.17) is 0 Å². The molecule has 0 bridgehead atoms. The number of rotatable bonds is 11. The lowest BCUT2D eigenvalue weighted by Gasteiger charge is -2.35. The highest BCUT2D eigenvalue weighted by Crippen LogP contribution is 2.65. The summed E-state index contributed by atoms with van der Waals surface area (Å²) < 4.78 is 123. The van der Waals surface area contributed by atoms with E-state index in [0.29, 0.717) is 11.8 Å². The van der Waals surface area contributed by atoms with Crippen LogP contribution in [-0.2, 0) is 33.4 Å². The highest BCUT2D eigenvalue weighted by atomic mass is 19.4. The first kappa shape index (κ1) is 35.3. The van der Waals surface area contributed by atoms with Gasteiger partial charge in [0.25, 0.3) is 0 Å². The summed E-state index contributed by atoms with van der Waals surface area (Å²) >= 11 is 0. The number of nitrogens with zero attached hydrogens (tertiary/aromatic N) is 1. The Balaban J connectivity index is 1.90. The van der Waals surface area contributed by atoms with Crippen molar-refractivity contribution in [3.63, 3.8) is 0 Å². The number of halogens is 9. The number of nitrogens with one attached hydrogen (secondary N) is 3. The molecule has 20 heteroatoms. The largest absolute Gasteiger partial charge is 0.522 e. The molecule has 7 atom stereocenters. The summed E-state index contributed by atoms with van der Waals surface area (Å²) in [6.07, 6.45) is -19.0. The van der Waals surface area contributed by atoms with E-state index in [2.05, 4.69) is 20.1 Å². The number of fused-ring (bicyclic) bond motifs is 1. The van der Waals surface area contributed by atoms with Crippen molar-refractivity contribution in [3.8, 4) is 0 Å². The van der Waals surface area contributed by atoms with Crippen LogP contribution >= 0.6 is 0 Å². The Morgan fingerprint density at radius 1 is 1.02 bits per heavy atom. The van der Waals surface area contributed by atoms with E-state index < -0.39 is 109 Å². The lowest BCUT2D eigenvalue weighted by molar-refractivity contribution is -0.342. The average Bonchev–Trinajstić information content (AvgIpc) is 3.21. The van der Waals surface area contributed by atoms with Crippen molar-refractivity contribution >= 4 is 29.4 Å². The van der Waals surface area contributed by atoms with Gasteiger partial charge >= 0.3 is 24.8 Å². The molecular weight excluding hydrogens is 627 g/mol. The van der Waals surface area contributed by atoms with Crippen molar-refractivity contribution in [2.45, 2.75) is 76.7 Å². The molecule has 2 saturated heterocycles. The van der Waals surface area contributed by atoms with Gasteiger partial charge < -0.3 is 20.9 Å². The number of carbonyl (C=O) groups excluding carboxylic acids is 5. The van der Waals surface area contributed by atoms with Gasteiger partial charge in [0.1, 0.15) is 18.7 Å². The van der Waals surface area contributed by atoms with Crippen LogP contribution in [0.4, 0.5) is 39.5 Å². The lowest BCUT2D eigenvalue weighted by atomic mass is 9.94. The number of alkyl halides is 9. The Morgan fingerprint density at radius 3 is 2.14 bits per heavy atom. The van der Waals surface area contributed by atoms with Crippen LogP contribution in [0.25, 0.3) is 0 Å². The van der Waals surface area contributed by atoms with Gasteiger partial charge in [-0.3, -0.25) is 33.4 Å². The topological polar surface area (TPSA) is 143 Å². The van der Waals surface area contributed by atoms with Gasteiger partial charge in [-0.25, -0.2) is 0 Å². The molecule has 11 nitrogen and oxygen atoms in total. The standard InChI is InChI=1S/C24H29F9N4O7/c1-9(44-24(31,32)33)15(36-20(42)22(25,26)27)19(41)37-7-11-14(21(11,2)3)16(37)18(40)35-12(6-10-4-5-34-17(10)39)13(38)8-43-23(28,29)30/h9-12,14-16H,4-8H2,1-3H3,(H,34,39)(H,35,40)(H,36,42)/t9-,10+,11+,12+,14+,15+,16+/m1/s1. The summed E-state index contributed by atoms with van der Waals surface area (Å²) in [4.78, 5) is 64.0. The number of ketones is 1. The van der Waals surface area contributed by atoms with Gasteiger partial charge in [-0.05, 0) is 37.0 Å². The van der Waals surface area contributed by atoms with Crippen molar-refractivity contribution in [1.29, 1.82) is 0 Å². The monoisotopic (exact) mass is 656 g/mol. The van der Waals surface area contributed by atoms with E-state index in [1.807, 2.05) is 0 Å². The Morgan fingerprint density at radius 2 is 1.64 bits per heavy atom. The fraction of sp³-hybridized carbons (Fsp3) is 0.792. The van der Waals surface area contributed by atoms with Gasteiger partial charge in [-0.15, -0.1) is 26.3 Å². The van der Waals surface area contributed by atoms with Crippen LogP contribution < -0.4 is 16.0 Å². The second-order valence-corrected chi connectivity index (χ2v) is 11.4. The van der Waals surface area contributed by atoms with Crippen LogP contribution in [0.2, 0.25) is 0 Å². The van der Waals surface area contributed by atoms with E-state index in [1.54, 1.807) is 13.8 Å². The molecule has 3 rings (SSSR count). The maximum absolute atomic E-state index is 13.6. The smallest absolute Gasteiger partial charge is 0.356 e. The van der Waals surface area contributed by atoms with Gasteiger partial charge in [0.2, 0.25) is 17.7 Å². The number of Topliss-reactive ketones (excluding diaryl/α,β-unsaturated/α-hetero) is 1. The summed E-state index contributed by atoms with van der Waals surface area (Å²) in [6.45, 7) is 2.17. The molecule has 4 amide bonds. The molecule has 1 saturated carbocycles. The number of hydrogen-bond donors (Lipinski definition) is 3. The fourth-order valence-corrected chi connectivity index (χ4v) is 5.81. The van der Waals surface area contributed by atoms with Gasteiger partial charge in [-0.1, -0.05) is 13.8 Å². The molecule has 2 aliphatic heterocycles. The third-order valence-corrected chi connectivity index (χ3v) is 8.13. The molecule has 0 aromatic rings. The van der Waals surface area contributed by atoms with Gasteiger partial charge in [0, 0.05) is 19.0 Å². The summed E-state index contributed by atoms with van der Waals surface area (Å²) in [6, 6.07) is -5.95. The van der Waals surface area contributed by atoms with Crippen molar-refractivity contribution < 1.29 is 73.0 Å². The zero-order valence-electron chi connectivity index (χ0n) is 23.3. The maximum Gasteiger partial charge on any atom is 0.522 e. The number of carbonyl (C=O) groups is 5. The first-order valence-corrected chi connectivity index (χ1v) is 13.2. The SMILES string of the molecule is C[C@@H](OC(F)(F)F)[C@H](NC(=O)C(F)(F)F)C(=O)N1C[C@H]2[C@@H]([C@H]1C(=O)N[C@@H](C[C@@H]1CCNC1=O)C(=O)COC(F)(F)F)C2(C)C. The zero-order valence-corrected chi connectivity index (χ0v) is 23.3. The van der Waals surface area contributed by atoms with E-state index in [1.165, 1.54) is 5.32 Å². The number of piperidine rings is 1. The average molecular weight is 656 g/mol. The lowest BCUT2D eigenvalue weighted by Crippen LogP contribution is -2.61.